The number of aryl methyl sites for hydroxylation is 2. The zero-order valence-electron chi connectivity index (χ0n) is 11.5. The third-order valence-corrected chi connectivity index (χ3v) is 2.93. The van der Waals surface area contributed by atoms with E-state index in [0.717, 1.165) is 24.4 Å². The first kappa shape index (κ1) is 13.7. The predicted octanol–water partition coefficient (Wildman–Crippen LogP) is 2.52. The second-order valence-corrected chi connectivity index (χ2v) is 5.45. The van der Waals surface area contributed by atoms with Crippen molar-refractivity contribution in [1.82, 2.24) is 14.8 Å². The van der Waals surface area contributed by atoms with Gasteiger partial charge in [0.25, 0.3) is 0 Å². The largest absolute Gasteiger partial charge is 0.325 e. The molecule has 2 rings (SSSR count). The quantitative estimate of drug-likeness (QED) is 0.921. The van der Waals surface area contributed by atoms with Gasteiger partial charge in [-0.2, -0.15) is 5.10 Å². The number of benzene rings is 1. The van der Waals surface area contributed by atoms with E-state index in [0.29, 0.717) is 5.82 Å². The molecule has 1 aromatic carbocycles. The van der Waals surface area contributed by atoms with Crippen LogP contribution < -0.4 is 5.73 Å². The van der Waals surface area contributed by atoms with Crippen molar-refractivity contribution in [3.63, 3.8) is 0 Å². The summed E-state index contributed by atoms with van der Waals surface area (Å²) >= 11 is 0. The third-order valence-electron chi connectivity index (χ3n) is 2.93. The fourth-order valence-electron chi connectivity index (χ4n) is 1.75. The van der Waals surface area contributed by atoms with Crippen molar-refractivity contribution in [1.29, 1.82) is 0 Å². The Labute approximate surface area is 112 Å². The lowest BCUT2D eigenvalue weighted by molar-refractivity contribution is 0.416. The molecule has 2 aromatic rings. The summed E-state index contributed by atoms with van der Waals surface area (Å²) in [6, 6.07) is 6.19. The molecule has 2 N–H and O–H groups in total. The summed E-state index contributed by atoms with van der Waals surface area (Å²) in [6.07, 6.45) is 0.820. The Kier molecular flexibility index (Phi) is 3.66. The number of rotatable bonds is 4. The van der Waals surface area contributed by atoms with Crippen molar-refractivity contribution in [3.05, 3.63) is 35.9 Å². The molecule has 0 bridgehead atoms. The predicted molar refractivity (Wildman–Crippen MR) is 73.0 cm³/mol. The molecule has 1 heterocycles. The molecule has 1 aromatic heterocycles. The Morgan fingerprint density at radius 3 is 2.47 bits per heavy atom. The topological polar surface area (TPSA) is 56.7 Å². The van der Waals surface area contributed by atoms with Crippen LogP contribution in [0.3, 0.4) is 0 Å². The average molecular weight is 262 g/mol. The van der Waals surface area contributed by atoms with Crippen LogP contribution in [0, 0.1) is 12.7 Å². The van der Waals surface area contributed by atoms with Crippen molar-refractivity contribution in [2.45, 2.75) is 39.3 Å². The summed E-state index contributed by atoms with van der Waals surface area (Å²) in [6.45, 7) is 6.60. The van der Waals surface area contributed by atoms with Gasteiger partial charge in [0.1, 0.15) is 11.6 Å². The van der Waals surface area contributed by atoms with E-state index in [1.165, 1.54) is 12.1 Å². The summed E-state index contributed by atoms with van der Waals surface area (Å²) < 4.78 is 14.7. The van der Waals surface area contributed by atoms with Crippen LogP contribution in [0.25, 0.3) is 11.4 Å². The second kappa shape index (κ2) is 5.09. The maximum atomic E-state index is 12.9. The Morgan fingerprint density at radius 1 is 1.26 bits per heavy atom. The summed E-state index contributed by atoms with van der Waals surface area (Å²) in [7, 11) is 0. The van der Waals surface area contributed by atoms with E-state index in [1.807, 2.05) is 25.5 Å². The molecule has 0 amide bonds. The molecular formula is C14H19FN4. The Morgan fingerprint density at radius 2 is 1.89 bits per heavy atom. The van der Waals surface area contributed by atoms with Gasteiger partial charge in [-0.25, -0.2) is 14.1 Å². The lowest BCUT2D eigenvalue weighted by Gasteiger charge is -2.17. The molecule has 0 atom stereocenters. The molecule has 0 spiro atoms. The van der Waals surface area contributed by atoms with Crippen LogP contribution in [-0.4, -0.2) is 20.3 Å². The molecule has 0 saturated carbocycles. The first-order chi connectivity index (χ1) is 8.85. The first-order valence-electron chi connectivity index (χ1n) is 6.31. The van der Waals surface area contributed by atoms with Gasteiger partial charge in [-0.3, -0.25) is 0 Å². The van der Waals surface area contributed by atoms with Gasteiger partial charge in [0.05, 0.1) is 0 Å². The molecule has 0 aliphatic heterocycles. The van der Waals surface area contributed by atoms with Gasteiger partial charge in [-0.05, 0) is 51.5 Å². The van der Waals surface area contributed by atoms with E-state index in [9.17, 15) is 4.39 Å². The van der Waals surface area contributed by atoms with Gasteiger partial charge in [-0.15, -0.1) is 0 Å². The number of nitrogens with zero attached hydrogens (tertiary/aromatic N) is 3. The van der Waals surface area contributed by atoms with Crippen LogP contribution in [0.15, 0.2) is 24.3 Å². The number of nitrogens with two attached hydrogens (primary N) is 1. The van der Waals surface area contributed by atoms with Gasteiger partial charge < -0.3 is 5.73 Å². The second-order valence-electron chi connectivity index (χ2n) is 5.45. The lowest BCUT2D eigenvalue weighted by atomic mass is 10.0. The maximum Gasteiger partial charge on any atom is 0.181 e. The molecule has 0 aliphatic rings. The fraction of sp³-hybridized carbons (Fsp3) is 0.429. The monoisotopic (exact) mass is 262 g/mol. The summed E-state index contributed by atoms with van der Waals surface area (Å²) in [5.41, 5.74) is 6.55. The zero-order valence-corrected chi connectivity index (χ0v) is 11.5. The van der Waals surface area contributed by atoms with Crippen molar-refractivity contribution in [2.75, 3.05) is 0 Å². The zero-order chi connectivity index (χ0) is 14.0. The Balaban J connectivity index is 2.19. The SMILES string of the molecule is Cc1nc(-c2ccc(F)cc2)nn1CCC(C)(C)N. The van der Waals surface area contributed by atoms with Crippen LogP contribution in [0.2, 0.25) is 0 Å². The van der Waals surface area contributed by atoms with Gasteiger partial charge in [0.2, 0.25) is 0 Å². The number of hydrogen-bond donors (Lipinski definition) is 1. The Hall–Kier alpha value is -1.75. The summed E-state index contributed by atoms with van der Waals surface area (Å²) in [5.74, 6) is 1.20. The molecule has 0 fully saturated rings. The van der Waals surface area contributed by atoms with Crippen molar-refractivity contribution in [2.24, 2.45) is 5.73 Å². The number of halogens is 1. The van der Waals surface area contributed by atoms with E-state index in [4.69, 9.17) is 5.73 Å². The molecule has 4 nitrogen and oxygen atoms in total. The maximum absolute atomic E-state index is 12.9. The molecule has 102 valence electrons. The number of hydrogen-bond acceptors (Lipinski definition) is 3. The van der Waals surface area contributed by atoms with Gasteiger partial charge in [0.15, 0.2) is 5.82 Å². The van der Waals surface area contributed by atoms with Crippen molar-refractivity contribution in [3.8, 4) is 11.4 Å². The van der Waals surface area contributed by atoms with E-state index in [2.05, 4.69) is 10.1 Å². The molecule has 0 radical (unpaired) electrons. The average Bonchev–Trinajstić information content (AvgIpc) is 2.68. The van der Waals surface area contributed by atoms with Gasteiger partial charge >= 0.3 is 0 Å². The minimum absolute atomic E-state index is 0.228. The van der Waals surface area contributed by atoms with Gasteiger partial charge in [0, 0.05) is 17.6 Å². The highest BCUT2D eigenvalue weighted by Crippen LogP contribution is 2.16. The highest BCUT2D eigenvalue weighted by atomic mass is 19.1. The summed E-state index contributed by atoms with van der Waals surface area (Å²) in [5, 5.41) is 4.44. The molecule has 19 heavy (non-hydrogen) atoms. The van der Waals surface area contributed by atoms with Crippen molar-refractivity contribution >= 4 is 0 Å². The molecule has 0 unspecified atom stereocenters. The van der Waals surface area contributed by atoms with E-state index >= 15 is 0 Å². The molecular weight excluding hydrogens is 243 g/mol. The summed E-state index contributed by atoms with van der Waals surface area (Å²) in [4.78, 5) is 4.40. The smallest absolute Gasteiger partial charge is 0.181 e. The van der Waals surface area contributed by atoms with E-state index in [1.54, 1.807) is 12.1 Å². The van der Waals surface area contributed by atoms with Crippen LogP contribution in [0.5, 0.6) is 0 Å². The van der Waals surface area contributed by atoms with E-state index < -0.39 is 0 Å². The standard InChI is InChI=1S/C14H19FN4/c1-10-17-13(11-4-6-12(15)7-5-11)18-19(10)9-8-14(2,3)16/h4-7H,8-9,16H2,1-3H3. The molecule has 0 aliphatic carbocycles. The first-order valence-corrected chi connectivity index (χ1v) is 6.31. The highest BCUT2D eigenvalue weighted by molar-refractivity contribution is 5.54. The Bertz CT molecular complexity index is 552. The number of aromatic nitrogens is 3. The van der Waals surface area contributed by atoms with E-state index in [-0.39, 0.29) is 11.4 Å². The fourth-order valence-corrected chi connectivity index (χ4v) is 1.75. The van der Waals surface area contributed by atoms with Crippen LogP contribution in [0.1, 0.15) is 26.1 Å². The lowest BCUT2D eigenvalue weighted by Crippen LogP contribution is -2.33. The minimum atomic E-state index is -0.259. The van der Waals surface area contributed by atoms with Crippen LogP contribution in [0.4, 0.5) is 4.39 Å². The minimum Gasteiger partial charge on any atom is -0.325 e. The van der Waals surface area contributed by atoms with Gasteiger partial charge in [-0.1, -0.05) is 0 Å². The highest BCUT2D eigenvalue weighted by Gasteiger charge is 2.13. The molecule has 5 heteroatoms. The van der Waals surface area contributed by atoms with Crippen LogP contribution in [-0.2, 0) is 6.54 Å². The normalized spacial score (nSPS) is 11.8. The van der Waals surface area contributed by atoms with Crippen molar-refractivity contribution < 1.29 is 4.39 Å². The van der Waals surface area contributed by atoms with Crippen LogP contribution >= 0.6 is 0 Å². The molecule has 0 saturated heterocycles. The third kappa shape index (κ3) is 3.61.